The molecule has 1 aliphatic heterocycles. The van der Waals surface area contributed by atoms with Crippen molar-refractivity contribution < 1.29 is 0 Å². The van der Waals surface area contributed by atoms with Gasteiger partial charge in [0.05, 0.1) is 34.2 Å². The molecule has 11 rings (SSSR count). The van der Waals surface area contributed by atoms with Gasteiger partial charge in [0, 0.05) is 48.1 Å². The summed E-state index contributed by atoms with van der Waals surface area (Å²) in [6, 6.07) is 61.0. The topological polar surface area (TPSA) is 53.1 Å². The van der Waals surface area contributed by atoms with E-state index in [1.54, 1.807) is 0 Å². The van der Waals surface area contributed by atoms with Crippen LogP contribution in [0.5, 0.6) is 0 Å². The lowest BCUT2D eigenvalue weighted by atomic mass is 9.92. The van der Waals surface area contributed by atoms with Crippen LogP contribution in [0.15, 0.2) is 169 Å². The average molecular weight is 711 g/mol. The van der Waals surface area contributed by atoms with Crippen molar-refractivity contribution in [3.05, 3.63) is 186 Å². The highest BCUT2D eigenvalue weighted by Crippen LogP contribution is 2.65. The van der Waals surface area contributed by atoms with E-state index in [0.29, 0.717) is 11.5 Å². The van der Waals surface area contributed by atoms with Crippen LogP contribution in [0.4, 0.5) is 0 Å². The molecule has 4 unspecified atom stereocenters. The van der Waals surface area contributed by atoms with Gasteiger partial charge in [-0.25, -0.2) is 0 Å². The van der Waals surface area contributed by atoms with Crippen molar-refractivity contribution in [2.24, 2.45) is 16.8 Å². The molecule has 2 aromatic heterocycles. The summed E-state index contributed by atoms with van der Waals surface area (Å²) in [6.07, 6.45) is 0. The van der Waals surface area contributed by atoms with E-state index < -0.39 is 0 Å². The number of aromatic nitrogens is 1. The zero-order chi connectivity index (χ0) is 36.0. The minimum atomic E-state index is -0.302. The fraction of sp³-hybridized carbons (Fsp3) is 0.102. The minimum absolute atomic E-state index is 0.0391. The second kappa shape index (κ2) is 11.8. The molecule has 1 fully saturated rings. The van der Waals surface area contributed by atoms with E-state index in [1.165, 1.54) is 58.7 Å². The monoisotopic (exact) mass is 710 g/mol. The van der Waals surface area contributed by atoms with E-state index in [9.17, 15) is 5.26 Å². The molecule has 4 atom stereocenters. The molecule has 3 heterocycles. The van der Waals surface area contributed by atoms with Gasteiger partial charge in [-0.1, -0.05) is 128 Å². The number of para-hydroxylation sites is 1. The molecule has 0 saturated heterocycles. The zero-order valence-electron chi connectivity index (χ0n) is 29.6. The smallest absolute Gasteiger partial charge is 0.129 e. The number of rotatable bonds is 5. The minimum Gasteiger partial charge on any atom is -0.360 e. The van der Waals surface area contributed by atoms with Crippen LogP contribution in [0, 0.1) is 23.2 Å². The first-order valence-corrected chi connectivity index (χ1v) is 19.4. The number of nitrogens with zero attached hydrogens (tertiary/aromatic N) is 3. The molecule has 1 N–H and O–H groups in total. The van der Waals surface area contributed by atoms with Gasteiger partial charge in [0.1, 0.15) is 5.84 Å². The maximum absolute atomic E-state index is 9.77. The summed E-state index contributed by atoms with van der Waals surface area (Å²) in [6.45, 7) is 2.32. The molecular formula is C49H34N4S. The van der Waals surface area contributed by atoms with Crippen molar-refractivity contribution in [3.8, 4) is 22.9 Å². The maximum atomic E-state index is 9.77. The van der Waals surface area contributed by atoms with Crippen LogP contribution in [0.3, 0.4) is 0 Å². The summed E-state index contributed by atoms with van der Waals surface area (Å²) >= 11 is 1.88. The Labute approximate surface area is 317 Å². The van der Waals surface area contributed by atoms with Gasteiger partial charge < -0.3 is 9.88 Å². The molecule has 9 aromatic rings. The van der Waals surface area contributed by atoms with E-state index >= 15 is 0 Å². The Hall–Kier alpha value is -6.48. The molecule has 7 aromatic carbocycles. The Balaban J connectivity index is 1.04. The van der Waals surface area contributed by atoms with Gasteiger partial charge in [0.25, 0.3) is 0 Å². The number of fused-ring (bicyclic) bond motifs is 7. The van der Waals surface area contributed by atoms with Gasteiger partial charge in [-0.05, 0) is 70.6 Å². The number of aliphatic imine (C=N–C) groups is 1. The Morgan fingerprint density at radius 2 is 1.41 bits per heavy atom. The third-order valence-corrected chi connectivity index (χ3v) is 13.2. The Bertz CT molecular complexity index is 3020. The highest BCUT2D eigenvalue weighted by molar-refractivity contribution is 7.26. The molecule has 0 spiro atoms. The second-order valence-corrected chi connectivity index (χ2v) is 15.8. The molecule has 1 saturated carbocycles. The summed E-state index contributed by atoms with van der Waals surface area (Å²) in [4.78, 5) is 5.42. The molecule has 54 heavy (non-hydrogen) atoms. The normalized spacial score (nSPS) is 20.4. The Morgan fingerprint density at radius 3 is 2.26 bits per heavy atom. The number of thiophene rings is 1. The summed E-state index contributed by atoms with van der Waals surface area (Å²) in [5.74, 6) is 1.47. The quantitative estimate of drug-likeness (QED) is 0.193. The Kier molecular flexibility index (Phi) is 6.77. The van der Waals surface area contributed by atoms with Gasteiger partial charge >= 0.3 is 0 Å². The first-order chi connectivity index (χ1) is 26.6. The van der Waals surface area contributed by atoms with Crippen molar-refractivity contribution in [1.29, 1.82) is 5.26 Å². The Morgan fingerprint density at radius 1 is 0.667 bits per heavy atom. The average Bonchev–Trinajstić information content (AvgIpc) is 3.50. The zero-order valence-corrected chi connectivity index (χ0v) is 30.4. The third kappa shape index (κ3) is 4.50. The van der Waals surface area contributed by atoms with E-state index in [-0.39, 0.29) is 17.5 Å². The summed E-state index contributed by atoms with van der Waals surface area (Å²) < 4.78 is 5.06. The van der Waals surface area contributed by atoms with Crippen LogP contribution in [-0.2, 0) is 5.54 Å². The van der Waals surface area contributed by atoms with Crippen molar-refractivity contribution >= 4 is 59.2 Å². The van der Waals surface area contributed by atoms with Crippen LogP contribution in [0.1, 0.15) is 35.2 Å². The van der Waals surface area contributed by atoms with Gasteiger partial charge in [-0.3, -0.25) is 4.99 Å². The summed E-state index contributed by atoms with van der Waals surface area (Å²) in [5.41, 5.74) is 9.79. The molecule has 2 aliphatic rings. The van der Waals surface area contributed by atoms with Crippen LogP contribution in [-0.4, -0.2) is 10.4 Å². The van der Waals surface area contributed by atoms with Gasteiger partial charge in [0.15, 0.2) is 0 Å². The lowest BCUT2D eigenvalue weighted by Gasteiger charge is -2.31. The molecule has 1 aliphatic carbocycles. The standard InChI is InChI=1S/C49H34N4S/c1-30-45-46(51-48(33-12-3-2-4-13-33)52-49(30,45)35-14-9-11-31(27-35)29-50)32-21-24-36(25-22-32)53-42-19-7-5-15-38(42)39-26-23-34(28-43(39)53)37-17-10-18-41-40-16-6-8-20-44(40)54-47(37)41/h2-28,30,45-46H,1H3,(H,51,52). The summed E-state index contributed by atoms with van der Waals surface area (Å²) in [5, 5.41) is 18.8. The predicted molar refractivity (Wildman–Crippen MR) is 223 cm³/mol. The maximum Gasteiger partial charge on any atom is 0.129 e. The van der Waals surface area contributed by atoms with Crippen molar-refractivity contribution in [1.82, 2.24) is 9.88 Å². The third-order valence-electron chi connectivity index (χ3n) is 12.0. The summed E-state index contributed by atoms with van der Waals surface area (Å²) in [7, 11) is 0. The number of hydrogen-bond donors (Lipinski definition) is 1. The van der Waals surface area contributed by atoms with E-state index in [2.05, 4.69) is 168 Å². The van der Waals surface area contributed by atoms with Crippen LogP contribution >= 0.6 is 11.3 Å². The highest BCUT2D eigenvalue weighted by atomic mass is 32.1. The molecule has 0 bridgehead atoms. The largest absolute Gasteiger partial charge is 0.360 e. The van der Waals surface area contributed by atoms with E-state index in [1.807, 2.05) is 29.5 Å². The number of nitrogens with one attached hydrogen (secondary N) is 1. The molecular weight excluding hydrogens is 677 g/mol. The molecule has 5 heteroatoms. The van der Waals surface area contributed by atoms with Crippen LogP contribution in [0.25, 0.3) is 58.8 Å². The molecule has 0 amide bonds. The lowest BCUT2D eigenvalue weighted by molar-refractivity contribution is 0.472. The SMILES string of the molecule is CC1C2C(c3ccc(-n4c5ccccc5c5ccc(-c6cccc7c6sc6ccccc67)cc54)cc3)N=C(c3ccccc3)NC12c1cccc(C#N)c1. The molecule has 4 nitrogen and oxygen atoms in total. The lowest BCUT2D eigenvalue weighted by Crippen LogP contribution is -2.42. The number of benzene rings is 7. The first-order valence-electron chi connectivity index (χ1n) is 18.6. The second-order valence-electron chi connectivity index (χ2n) is 14.7. The van der Waals surface area contributed by atoms with Gasteiger partial charge in [0.2, 0.25) is 0 Å². The number of amidine groups is 1. The first kappa shape index (κ1) is 31.1. The van der Waals surface area contributed by atoms with Crippen molar-refractivity contribution in [3.63, 3.8) is 0 Å². The van der Waals surface area contributed by atoms with Crippen molar-refractivity contribution in [2.75, 3.05) is 0 Å². The number of nitriles is 1. The van der Waals surface area contributed by atoms with Crippen LogP contribution < -0.4 is 5.32 Å². The predicted octanol–water partition coefficient (Wildman–Crippen LogP) is 11.9. The number of hydrogen-bond acceptors (Lipinski definition) is 4. The molecule has 256 valence electrons. The highest BCUT2D eigenvalue weighted by Gasteiger charge is 2.68. The van der Waals surface area contributed by atoms with Gasteiger partial charge in [-0.2, -0.15) is 5.26 Å². The fourth-order valence-corrected chi connectivity index (χ4v) is 10.6. The van der Waals surface area contributed by atoms with E-state index in [4.69, 9.17) is 4.99 Å². The van der Waals surface area contributed by atoms with Crippen molar-refractivity contribution in [2.45, 2.75) is 18.5 Å². The van der Waals surface area contributed by atoms with Crippen LogP contribution in [0.2, 0.25) is 0 Å². The van der Waals surface area contributed by atoms with Gasteiger partial charge in [-0.15, -0.1) is 11.3 Å². The fourth-order valence-electron chi connectivity index (χ4n) is 9.37. The van der Waals surface area contributed by atoms with E-state index in [0.717, 1.165) is 22.6 Å². The molecule has 0 radical (unpaired) electrons.